The van der Waals surface area contributed by atoms with E-state index < -0.39 is 5.41 Å². The summed E-state index contributed by atoms with van der Waals surface area (Å²) < 4.78 is 6.93. The number of hydrogen-bond donors (Lipinski definition) is 0. The summed E-state index contributed by atoms with van der Waals surface area (Å²) >= 11 is 0. The molecule has 0 unspecified atom stereocenters. The summed E-state index contributed by atoms with van der Waals surface area (Å²) in [4.78, 5) is 2.43. The normalized spacial score (nSPS) is 12.5. The Hall–Kier alpha value is -9.50. The number of rotatable bonds is 9. The van der Waals surface area contributed by atoms with Gasteiger partial charge in [0.1, 0.15) is 11.2 Å². The molecule has 2 nitrogen and oxygen atoms in total. The standard InChI is InChI=1S/C71H47NO/c1-5-20-48(21-6-1)50-38-40-56(41-39-50)72(58-42-43-62-61-33-15-16-36-66(61)71(67(62)46-58,54-27-9-3-10-28-54)55-29-11-4-12-30-55)57-31-18-26-53(45-57)59-35-19-37-68-69(59)65-47-64(60-32-13-14-34-63(60)70(65)73-68)52-25-17-24-51(44-52)49-22-7-2-8-23-49/h1-47H. The summed E-state index contributed by atoms with van der Waals surface area (Å²) in [5.41, 5.74) is 21.3. The Morgan fingerprint density at radius 1 is 0.274 bits per heavy atom. The average Bonchev–Trinajstić information content (AvgIpc) is 4.05. The van der Waals surface area contributed by atoms with Crippen LogP contribution in [-0.2, 0) is 5.41 Å². The quantitative estimate of drug-likeness (QED) is 0.143. The lowest BCUT2D eigenvalue weighted by Gasteiger charge is -2.35. The molecule has 0 radical (unpaired) electrons. The molecule has 0 spiro atoms. The van der Waals surface area contributed by atoms with E-state index in [1.165, 1.54) is 66.8 Å². The van der Waals surface area contributed by atoms with Crippen molar-refractivity contribution in [3.8, 4) is 55.6 Å². The maximum atomic E-state index is 6.93. The van der Waals surface area contributed by atoms with Crippen LogP contribution >= 0.6 is 0 Å². The number of hydrogen-bond acceptors (Lipinski definition) is 2. The fraction of sp³-hybridized carbons (Fsp3) is 0.0141. The highest BCUT2D eigenvalue weighted by Gasteiger charge is 2.46. The van der Waals surface area contributed by atoms with E-state index in [1.807, 2.05) is 0 Å². The van der Waals surface area contributed by atoms with Crippen molar-refractivity contribution in [3.05, 3.63) is 307 Å². The summed E-state index contributed by atoms with van der Waals surface area (Å²) in [6, 6.07) is 104. The molecule has 12 aromatic carbocycles. The smallest absolute Gasteiger partial charge is 0.143 e. The second kappa shape index (κ2) is 17.4. The summed E-state index contributed by atoms with van der Waals surface area (Å²) in [5.74, 6) is 0. The van der Waals surface area contributed by atoms with Gasteiger partial charge >= 0.3 is 0 Å². The van der Waals surface area contributed by atoms with Crippen molar-refractivity contribution >= 4 is 49.8 Å². The summed E-state index contributed by atoms with van der Waals surface area (Å²) in [5, 5.41) is 4.46. The van der Waals surface area contributed by atoms with Crippen molar-refractivity contribution in [2.75, 3.05) is 4.90 Å². The molecule has 0 fully saturated rings. The molecule has 0 amide bonds. The van der Waals surface area contributed by atoms with E-state index in [4.69, 9.17) is 4.42 Å². The molecule has 13 aromatic rings. The van der Waals surface area contributed by atoms with Gasteiger partial charge in [-0.1, -0.05) is 231 Å². The van der Waals surface area contributed by atoms with Crippen LogP contribution in [0.2, 0.25) is 0 Å². The minimum absolute atomic E-state index is 0.543. The van der Waals surface area contributed by atoms with Crippen LogP contribution < -0.4 is 4.90 Å². The molecule has 0 atom stereocenters. The predicted octanol–water partition coefficient (Wildman–Crippen LogP) is 19.2. The zero-order chi connectivity index (χ0) is 48.3. The van der Waals surface area contributed by atoms with Crippen LogP contribution in [0, 0.1) is 0 Å². The topological polar surface area (TPSA) is 16.4 Å². The first-order valence-electron chi connectivity index (χ1n) is 25.2. The Kier molecular flexibility index (Phi) is 10.1. The van der Waals surface area contributed by atoms with E-state index in [-0.39, 0.29) is 0 Å². The lowest BCUT2D eigenvalue weighted by molar-refractivity contribution is 0.673. The average molecular weight is 930 g/mol. The highest BCUT2D eigenvalue weighted by atomic mass is 16.3. The summed E-state index contributed by atoms with van der Waals surface area (Å²) in [6.07, 6.45) is 0. The monoisotopic (exact) mass is 929 g/mol. The van der Waals surface area contributed by atoms with E-state index in [9.17, 15) is 0 Å². The minimum atomic E-state index is -0.543. The second-order valence-corrected chi connectivity index (χ2v) is 19.1. The zero-order valence-corrected chi connectivity index (χ0v) is 40.0. The van der Waals surface area contributed by atoms with Crippen LogP contribution in [-0.4, -0.2) is 0 Å². The van der Waals surface area contributed by atoms with E-state index >= 15 is 0 Å². The largest absolute Gasteiger partial charge is 0.455 e. The van der Waals surface area contributed by atoms with E-state index in [1.54, 1.807) is 0 Å². The molecule has 14 rings (SSSR count). The molecule has 1 aliphatic rings. The van der Waals surface area contributed by atoms with Gasteiger partial charge in [0.15, 0.2) is 0 Å². The maximum absolute atomic E-state index is 6.93. The molecule has 0 saturated heterocycles. The van der Waals surface area contributed by atoms with Crippen LogP contribution in [0.3, 0.4) is 0 Å². The third kappa shape index (κ3) is 6.94. The van der Waals surface area contributed by atoms with Crippen LogP contribution in [0.5, 0.6) is 0 Å². The second-order valence-electron chi connectivity index (χ2n) is 19.1. The molecule has 2 heteroatoms. The first kappa shape index (κ1) is 42.4. The van der Waals surface area contributed by atoms with Gasteiger partial charge in [-0.15, -0.1) is 0 Å². The number of anilines is 3. The van der Waals surface area contributed by atoms with Crippen molar-refractivity contribution in [3.63, 3.8) is 0 Å². The third-order valence-corrected chi connectivity index (χ3v) is 15.1. The van der Waals surface area contributed by atoms with Crippen molar-refractivity contribution in [1.82, 2.24) is 0 Å². The number of nitrogens with zero attached hydrogens (tertiary/aromatic N) is 1. The number of benzene rings is 12. The van der Waals surface area contributed by atoms with Gasteiger partial charge in [-0.25, -0.2) is 0 Å². The van der Waals surface area contributed by atoms with E-state index in [0.717, 1.165) is 60.9 Å². The van der Waals surface area contributed by atoms with Gasteiger partial charge in [0, 0.05) is 33.2 Å². The molecule has 1 heterocycles. The number of fused-ring (bicyclic) bond motifs is 8. The third-order valence-electron chi connectivity index (χ3n) is 15.1. The van der Waals surface area contributed by atoms with Crippen molar-refractivity contribution in [2.24, 2.45) is 0 Å². The number of furan rings is 1. The maximum Gasteiger partial charge on any atom is 0.143 e. The van der Waals surface area contributed by atoms with Gasteiger partial charge in [0.2, 0.25) is 0 Å². The van der Waals surface area contributed by atoms with Gasteiger partial charge in [0.25, 0.3) is 0 Å². The first-order chi connectivity index (χ1) is 36.2. The van der Waals surface area contributed by atoms with Crippen molar-refractivity contribution < 1.29 is 4.42 Å². The van der Waals surface area contributed by atoms with Gasteiger partial charge in [-0.3, -0.25) is 0 Å². The fourth-order valence-electron chi connectivity index (χ4n) is 11.9. The highest BCUT2D eigenvalue weighted by Crippen LogP contribution is 2.57. The molecule has 0 N–H and O–H groups in total. The molecule has 73 heavy (non-hydrogen) atoms. The van der Waals surface area contributed by atoms with Crippen LogP contribution in [0.1, 0.15) is 22.3 Å². The molecular formula is C71H47NO. The highest BCUT2D eigenvalue weighted by molar-refractivity contribution is 6.22. The fourth-order valence-corrected chi connectivity index (χ4v) is 11.9. The van der Waals surface area contributed by atoms with Gasteiger partial charge in [0.05, 0.1) is 5.41 Å². The molecule has 0 aliphatic heterocycles. The molecule has 1 aliphatic carbocycles. The lowest BCUT2D eigenvalue weighted by atomic mass is 9.67. The van der Waals surface area contributed by atoms with E-state index in [2.05, 4.69) is 290 Å². The molecule has 0 saturated carbocycles. The van der Waals surface area contributed by atoms with E-state index in [0.29, 0.717) is 0 Å². The Balaban J connectivity index is 0.968. The Morgan fingerprint density at radius 3 is 1.51 bits per heavy atom. The minimum Gasteiger partial charge on any atom is -0.455 e. The molecular weight excluding hydrogens is 883 g/mol. The van der Waals surface area contributed by atoms with Gasteiger partial charge in [-0.05, 0) is 138 Å². The van der Waals surface area contributed by atoms with Crippen LogP contribution in [0.15, 0.2) is 290 Å². The van der Waals surface area contributed by atoms with Gasteiger partial charge in [-0.2, -0.15) is 0 Å². The summed E-state index contributed by atoms with van der Waals surface area (Å²) in [7, 11) is 0. The zero-order valence-electron chi connectivity index (χ0n) is 40.0. The predicted molar refractivity (Wildman–Crippen MR) is 305 cm³/mol. The van der Waals surface area contributed by atoms with Crippen LogP contribution in [0.25, 0.3) is 88.3 Å². The SMILES string of the molecule is c1ccc(-c2ccc(N(c3cccc(-c4cccc5oc6c7ccccc7c(-c7cccc(-c8ccccc8)c7)cc6c45)c3)c3ccc4c(c3)C(c3ccccc3)(c3ccccc3)c3ccccc3-4)cc2)cc1. The molecule has 0 bridgehead atoms. The Morgan fingerprint density at radius 2 is 0.781 bits per heavy atom. The summed E-state index contributed by atoms with van der Waals surface area (Å²) in [6.45, 7) is 0. The molecule has 342 valence electrons. The van der Waals surface area contributed by atoms with Crippen molar-refractivity contribution in [2.45, 2.75) is 5.41 Å². The lowest BCUT2D eigenvalue weighted by Crippen LogP contribution is -2.28. The Labute approximate surface area is 425 Å². The first-order valence-corrected chi connectivity index (χ1v) is 25.2. The van der Waals surface area contributed by atoms with Crippen molar-refractivity contribution in [1.29, 1.82) is 0 Å². The Bertz CT molecular complexity index is 4140. The van der Waals surface area contributed by atoms with Gasteiger partial charge < -0.3 is 9.32 Å². The molecule has 1 aromatic heterocycles. The van der Waals surface area contributed by atoms with Crippen LogP contribution in [0.4, 0.5) is 17.1 Å².